The Morgan fingerprint density at radius 1 is 1.67 bits per heavy atom. The van der Waals surface area contributed by atoms with Crippen LogP contribution in [-0.2, 0) is 7.05 Å². The summed E-state index contributed by atoms with van der Waals surface area (Å²) in [4.78, 5) is 13.1. The smallest absolute Gasteiger partial charge is 0.327 e. The number of imidazole rings is 1. The minimum atomic E-state index is -0.162. The molecule has 3 N–H and O–H groups in total. The maximum atomic E-state index is 10.7. The summed E-state index contributed by atoms with van der Waals surface area (Å²) < 4.78 is 1.47. The first-order chi connectivity index (χ1) is 4.13. The number of anilines is 1. The van der Waals surface area contributed by atoms with Gasteiger partial charge in [0.25, 0.3) is 0 Å². The molecule has 0 aliphatic rings. The Bertz CT molecular complexity index is 270. The Kier molecular flexibility index (Phi) is 1.09. The molecule has 0 aromatic carbocycles. The monoisotopic (exact) mass is 127 g/mol. The number of aromatic amines is 1. The van der Waals surface area contributed by atoms with Crippen LogP contribution >= 0.6 is 0 Å². The molecular formula is C5H9N3O. The van der Waals surface area contributed by atoms with E-state index >= 15 is 0 Å². The number of nitrogens with two attached hydrogens (primary N) is 1. The van der Waals surface area contributed by atoms with Crippen LogP contribution in [0.1, 0.15) is 5.69 Å². The lowest BCUT2D eigenvalue weighted by atomic mass is 10.5. The largest absolute Gasteiger partial charge is 0.384 e. The van der Waals surface area contributed by atoms with E-state index in [1.807, 2.05) is 0 Å². The first-order valence-electron chi connectivity index (χ1n) is 2.64. The summed E-state index contributed by atoms with van der Waals surface area (Å²) in [5.41, 5.74) is 5.98. The van der Waals surface area contributed by atoms with Crippen molar-refractivity contribution in [1.82, 2.24) is 9.55 Å². The van der Waals surface area contributed by atoms with Crippen molar-refractivity contribution in [2.24, 2.45) is 7.05 Å². The zero-order valence-corrected chi connectivity index (χ0v) is 5.43. The normalized spacial score (nSPS) is 10.0. The van der Waals surface area contributed by atoms with Gasteiger partial charge in [-0.25, -0.2) is 4.79 Å². The Labute approximate surface area is 52.3 Å². The van der Waals surface area contributed by atoms with Crippen molar-refractivity contribution in [3.8, 4) is 0 Å². The van der Waals surface area contributed by atoms with Crippen LogP contribution in [0.15, 0.2) is 4.79 Å². The predicted octanol–water partition coefficient (Wildman–Crippen LogP) is -0.396. The maximum absolute atomic E-state index is 10.7. The second kappa shape index (κ2) is 1.65. The van der Waals surface area contributed by atoms with Crippen LogP contribution in [0.4, 0.5) is 5.82 Å². The lowest BCUT2D eigenvalue weighted by Crippen LogP contribution is -2.12. The van der Waals surface area contributed by atoms with Gasteiger partial charge in [0, 0.05) is 7.05 Å². The van der Waals surface area contributed by atoms with Gasteiger partial charge in [-0.1, -0.05) is 0 Å². The molecule has 1 aromatic rings. The summed E-state index contributed by atoms with van der Waals surface area (Å²) in [5.74, 6) is 0.447. The molecule has 4 heteroatoms. The van der Waals surface area contributed by atoms with Gasteiger partial charge in [0.05, 0.1) is 5.69 Å². The SMILES string of the molecule is Cc1c(N)[nH]c(=O)n1C. The average molecular weight is 127 g/mol. The third kappa shape index (κ3) is 0.718. The Hall–Kier alpha value is -1.19. The predicted molar refractivity (Wildman–Crippen MR) is 35.2 cm³/mol. The van der Waals surface area contributed by atoms with Gasteiger partial charge in [-0.05, 0) is 6.92 Å². The molecule has 0 saturated carbocycles. The Balaban J connectivity index is 3.47. The zero-order chi connectivity index (χ0) is 7.02. The van der Waals surface area contributed by atoms with Crippen LogP contribution in [0, 0.1) is 6.92 Å². The highest BCUT2D eigenvalue weighted by Gasteiger charge is 2.00. The van der Waals surface area contributed by atoms with Gasteiger partial charge in [-0.15, -0.1) is 0 Å². The molecule has 50 valence electrons. The van der Waals surface area contributed by atoms with Crippen LogP contribution in [0.5, 0.6) is 0 Å². The molecule has 0 aliphatic heterocycles. The van der Waals surface area contributed by atoms with Crippen molar-refractivity contribution in [2.45, 2.75) is 6.92 Å². The fraction of sp³-hybridized carbons (Fsp3) is 0.400. The van der Waals surface area contributed by atoms with Crippen molar-refractivity contribution in [3.63, 3.8) is 0 Å². The number of hydrogen-bond acceptors (Lipinski definition) is 2. The lowest BCUT2D eigenvalue weighted by molar-refractivity contribution is 0.830. The number of nitrogens with one attached hydrogen (secondary N) is 1. The summed E-state index contributed by atoms with van der Waals surface area (Å²) in [6, 6.07) is 0. The second-order valence-corrected chi connectivity index (χ2v) is 1.99. The molecule has 0 aliphatic carbocycles. The van der Waals surface area contributed by atoms with Gasteiger partial charge in [-0.3, -0.25) is 9.55 Å². The molecule has 0 amide bonds. The molecule has 1 aromatic heterocycles. The van der Waals surface area contributed by atoms with Gasteiger partial charge in [0.2, 0.25) is 0 Å². The number of rotatable bonds is 0. The van der Waals surface area contributed by atoms with Crippen LogP contribution in [0.3, 0.4) is 0 Å². The third-order valence-corrected chi connectivity index (χ3v) is 1.44. The molecule has 1 rings (SSSR count). The van der Waals surface area contributed by atoms with Crippen molar-refractivity contribution in [1.29, 1.82) is 0 Å². The van der Waals surface area contributed by atoms with E-state index in [-0.39, 0.29) is 5.69 Å². The van der Waals surface area contributed by atoms with E-state index < -0.39 is 0 Å². The molecule has 0 fully saturated rings. The van der Waals surface area contributed by atoms with E-state index in [2.05, 4.69) is 4.98 Å². The highest BCUT2D eigenvalue weighted by Crippen LogP contribution is 1.99. The average Bonchev–Trinajstić information content (AvgIpc) is 1.98. The maximum Gasteiger partial charge on any atom is 0.327 e. The molecular weight excluding hydrogens is 118 g/mol. The van der Waals surface area contributed by atoms with E-state index in [0.29, 0.717) is 5.82 Å². The third-order valence-electron chi connectivity index (χ3n) is 1.44. The first kappa shape index (κ1) is 5.94. The Morgan fingerprint density at radius 2 is 2.22 bits per heavy atom. The molecule has 0 unspecified atom stereocenters. The van der Waals surface area contributed by atoms with E-state index in [9.17, 15) is 4.79 Å². The van der Waals surface area contributed by atoms with Crippen molar-refractivity contribution < 1.29 is 0 Å². The summed E-state index contributed by atoms with van der Waals surface area (Å²) in [6.07, 6.45) is 0. The quantitative estimate of drug-likeness (QED) is 0.498. The van der Waals surface area contributed by atoms with Crippen molar-refractivity contribution in [3.05, 3.63) is 16.2 Å². The molecule has 0 atom stereocenters. The minimum absolute atomic E-state index is 0.162. The van der Waals surface area contributed by atoms with E-state index in [4.69, 9.17) is 5.73 Å². The second-order valence-electron chi connectivity index (χ2n) is 1.99. The number of hydrogen-bond donors (Lipinski definition) is 2. The lowest BCUT2D eigenvalue weighted by Gasteiger charge is -1.90. The van der Waals surface area contributed by atoms with Crippen LogP contribution in [-0.4, -0.2) is 9.55 Å². The summed E-state index contributed by atoms with van der Waals surface area (Å²) in [6.45, 7) is 1.78. The van der Waals surface area contributed by atoms with Gasteiger partial charge in [0.15, 0.2) is 0 Å². The first-order valence-corrected chi connectivity index (χ1v) is 2.64. The fourth-order valence-electron chi connectivity index (χ4n) is 0.623. The van der Waals surface area contributed by atoms with E-state index in [1.165, 1.54) is 4.57 Å². The number of aromatic nitrogens is 2. The Morgan fingerprint density at radius 3 is 2.33 bits per heavy atom. The van der Waals surface area contributed by atoms with Crippen LogP contribution in [0.25, 0.3) is 0 Å². The molecule has 0 saturated heterocycles. The van der Waals surface area contributed by atoms with Crippen LogP contribution in [0.2, 0.25) is 0 Å². The van der Waals surface area contributed by atoms with Crippen molar-refractivity contribution >= 4 is 5.82 Å². The highest BCUT2D eigenvalue weighted by atomic mass is 16.1. The summed E-state index contributed by atoms with van der Waals surface area (Å²) in [7, 11) is 1.67. The van der Waals surface area contributed by atoms with Gasteiger partial charge < -0.3 is 5.73 Å². The molecule has 0 spiro atoms. The minimum Gasteiger partial charge on any atom is -0.384 e. The number of H-pyrrole nitrogens is 1. The summed E-state index contributed by atoms with van der Waals surface area (Å²) >= 11 is 0. The van der Waals surface area contributed by atoms with Gasteiger partial charge in [-0.2, -0.15) is 0 Å². The summed E-state index contributed by atoms with van der Waals surface area (Å²) in [5, 5.41) is 0. The molecule has 0 bridgehead atoms. The molecule has 9 heavy (non-hydrogen) atoms. The topological polar surface area (TPSA) is 63.8 Å². The number of nitrogens with zero attached hydrogens (tertiary/aromatic N) is 1. The molecule has 0 radical (unpaired) electrons. The fourth-order valence-corrected chi connectivity index (χ4v) is 0.623. The van der Waals surface area contributed by atoms with Gasteiger partial charge in [0.1, 0.15) is 5.82 Å². The van der Waals surface area contributed by atoms with E-state index in [1.54, 1.807) is 14.0 Å². The van der Waals surface area contributed by atoms with Gasteiger partial charge >= 0.3 is 5.69 Å². The number of nitrogen functional groups attached to an aromatic ring is 1. The van der Waals surface area contributed by atoms with E-state index in [0.717, 1.165) is 5.69 Å². The van der Waals surface area contributed by atoms with Crippen molar-refractivity contribution in [2.75, 3.05) is 5.73 Å². The molecule has 1 heterocycles. The highest BCUT2D eigenvalue weighted by molar-refractivity contribution is 5.33. The van der Waals surface area contributed by atoms with Crippen LogP contribution < -0.4 is 11.4 Å². The standard InChI is InChI=1S/C5H9N3O/c1-3-4(6)7-5(9)8(3)2/h6H2,1-2H3,(H,7,9). The molecule has 4 nitrogen and oxygen atoms in total. The zero-order valence-electron chi connectivity index (χ0n) is 5.43.